The van der Waals surface area contributed by atoms with Crippen LogP contribution in [-0.4, -0.2) is 20.7 Å². The molecule has 0 heterocycles. The summed E-state index contributed by atoms with van der Waals surface area (Å²) in [4.78, 5) is 12.1. The molecular formula is C18H13ClFNO3S. The zero-order chi connectivity index (χ0) is 18.0. The van der Waals surface area contributed by atoms with E-state index in [4.69, 9.17) is 11.6 Å². The van der Waals surface area contributed by atoms with Gasteiger partial charge in [0.15, 0.2) is 11.6 Å². The van der Waals surface area contributed by atoms with Crippen molar-refractivity contribution in [3.05, 3.63) is 77.1 Å². The number of benzene rings is 3. The molecule has 0 saturated carbocycles. The molecule has 0 aliphatic heterocycles. The summed E-state index contributed by atoms with van der Waals surface area (Å²) in [6, 6.07) is 16.0. The Labute approximate surface area is 149 Å². The van der Waals surface area contributed by atoms with E-state index in [0.29, 0.717) is 0 Å². The third-order valence-corrected chi connectivity index (χ3v) is 5.40. The van der Waals surface area contributed by atoms with Crippen molar-refractivity contribution in [3.63, 3.8) is 0 Å². The standard InChI is InChI=1S/C18H13ClFNO3S/c19-16-7-3-6-15(18(16)20)17(22)11-21-25(23,24)14-9-8-12-4-1-2-5-13(12)10-14/h1-10,21H,11H2. The molecule has 0 saturated heterocycles. The Bertz CT molecular complexity index is 1070. The van der Waals surface area contributed by atoms with Crippen molar-refractivity contribution in [2.45, 2.75) is 4.90 Å². The summed E-state index contributed by atoms with van der Waals surface area (Å²) in [5, 5.41) is 1.47. The Balaban J connectivity index is 1.81. The highest BCUT2D eigenvalue weighted by molar-refractivity contribution is 7.89. The predicted molar refractivity (Wildman–Crippen MR) is 94.9 cm³/mol. The minimum Gasteiger partial charge on any atom is -0.293 e. The number of Topliss-reactive ketones (excluding diaryl/α,β-unsaturated/α-hetero) is 1. The molecule has 0 aliphatic carbocycles. The van der Waals surface area contributed by atoms with E-state index in [-0.39, 0.29) is 15.5 Å². The van der Waals surface area contributed by atoms with Crippen LogP contribution in [0, 0.1) is 5.82 Å². The number of sulfonamides is 1. The second-order valence-corrected chi connectivity index (χ2v) is 7.53. The topological polar surface area (TPSA) is 63.2 Å². The fourth-order valence-corrected chi connectivity index (χ4v) is 3.58. The number of fused-ring (bicyclic) bond motifs is 1. The highest BCUT2D eigenvalue weighted by Crippen LogP contribution is 2.20. The van der Waals surface area contributed by atoms with E-state index in [1.165, 1.54) is 30.3 Å². The van der Waals surface area contributed by atoms with Gasteiger partial charge in [0, 0.05) is 0 Å². The lowest BCUT2D eigenvalue weighted by Gasteiger charge is -2.08. The van der Waals surface area contributed by atoms with E-state index in [1.54, 1.807) is 18.2 Å². The first kappa shape index (κ1) is 17.5. The molecule has 0 unspecified atom stereocenters. The van der Waals surface area contributed by atoms with Gasteiger partial charge in [-0.25, -0.2) is 17.5 Å². The van der Waals surface area contributed by atoms with Gasteiger partial charge in [-0.3, -0.25) is 4.79 Å². The lowest BCUT2D eigenvalue weighted by Crippen LogP contribution is -2.30. The van der Waals surface area contributed by atoms with E-state index in [2.05, 4.69) is 4.72 Å². The third-order valence-electron chi connectivity index (χ3n) is 3.71. The first-order chi connectivity index (χ1) is 11.9. The second-order valence-electron chi connectivity index (χ2n) is 5.36. The Hall–Kier alpha value is -2.28. The molecule has 0 aliphatic rings. The van der Waals surface area contributed by atoms with Gasteiger partial charge in [0.2, 0.25) is 10.0 Å². The quantitative estimate of drug-likeness (QED) is 0.688. The first-order valence-electron chi connectivity index (χ1n) is 7.34. The number of hydrogen-bond acceptors (Lipinski definition) is 3. The SMILES string of the molecule is O=C(CNS(=O)(=O)c1ccc2ccccc2c1)c1cccc(Cl)c1F. The number of rotatable bonds is 5. The summed E-state index contributed by atoms with van der Waals surface area (Å²) in [6.07, 6.45) is 0. The molecule has 3 aromatic carbocycles. The van der Waals surface area contributed by atoms with Crippen molar-refractivity contribution in [2.24, 2.45) is 0 Å². The Morgan fingerprint density at radius 2 is 1.72 bits per heavy atom. The van der Waals surface area contributed by atoms with Crippen molar-refractivity contribution in [1.29, 1.82) is 0 Å². The van der Waals surface area contributed by atoms with Gasteiger partial charge in [-0.1, -0.05) is 48.0 Å². The minimum atomic E-state index is -3.90. The molecule has 7 heteroatoms. The summed E-state index contributed by atoms with van der Waals surface area (Å²) in [5.74, 6) is -1.57. The van der Waals surface area contributed by atoms with Gasteiger partial charge in [0.25, 0.3) is 0 Å². The van der Waals surface area contributed by atoms with Crippen LogP contribution in [0.1, 0.15) is 10.4 Å². The van der Waals surface area contributed by atoms with Gasteiger partial charge >= 0.3 is 0 Å². The Kier molecular flexibility index (Phi) is 4.85. The lowest BCUT2D eigenvalue weighted by atomic mass is 10.1. The molecule has 25 heavy (non-hydrogen) atoms. The van der Waals surface area contributed by atoms with Crippen LogP contribution in [0.3, 0.4) is 0 Å². The molecule has 1 N–H and O–H groups in total. The molecule has 0 aromatic heterocycles. The van der Waals surface area contributed by atoms with Crippen LogP contribution in [0.2, 0.25) is 5.02 Å². The van der Waals surface area contributed by atoms with Crippen LogP contribution in [0.5, 0.6) is 0 Å². The van der Waals surface area contributed by atoms with Crippen LogP contribution >= 0.6 is 11.6 Å². The normalized spacial score (nSPS) is 11.6. The predicted octanol–water partition coefficient (Wildman–Crippen LogP) is 3.79. The maximum atomic E-state index is 13.8. The molecule has 128 valence electrons. The largest absolute Gasteiger partial charge is 0.293 e. The zero-order valence-corrected chi connectivity index (χ0v) is 14.4. The monoisotopic (exact) mass is 377 g/mol. The number of ketones is 1. The Morgan fingerprint density at radius 1 is 1.00 bits per heavy atom. The fourth-order valence-electron chi connectivity index (χ4n) is 2.39. The van der Waals surface area contributed by atoms with Crippen molar-refractivity contribution < 1.29 is 17.6 Å². The highest BCUT2D eigenvalue weighted by atomic mass is 35.5. The van der Waals surface area contributed by atoms with Crippen LogP contribution < -0.4 is 4.72 Å². The van der Waals surface area contributed by atoms with Gasteiger partial charge in [0.1, 0.15) is 0 Å². The summed E-state index contributed by atoms with van der Waals surface area (Å²) < 4.78 is 40.8. The van der Waals surface area contributed by atoms with Gasteiger partial charge < -0.3 is 0 Å². The maximum Gasteiger partial charge on any atom is 0.241 e. The number of carbonyl (C=O) groups is 1. The van der Waals surface area contributed by atoms with Crippen molar-refractivity contribution in [3.8, 4) is 0 Å². The van der Waals surface area contributed by atoms with Crippen LogP contribution in [0.25, 0.3) is 10.8 Å². The molecule has 0 bridgehead atoms. The molecule has 0 spiro atoms. The van der Waals surface area contributed by atoms with E-state index in [9.17, 15) is 17.6 Å². The molecule has 0 radical (unpaired) electrons. The van der Waals surface area contributed by atoms with Gasteiger partial charge in [-0.15, -0.1) is 0 Å². The number of nitrogens with one attached hydrogen (secondary N) is 1. The maximum absolute atomic E-state index is 13.8. The lowest BCUT2D eigenvalue weighted by molar-refractivity contribution is 0.0993. The van der Waals surface area contributed by atoms with Gasteiger partial charge in [0.05, 0.1) is 22.0 Å². The summed E-state index contributed by atoms with van der Waals surface area (Å²) in [7, 11) is -3.90. The van der Waals surface area contributed by atoms with Crippen molar-refractivity contribution in [1.82, 2.24) is 4.72 Å². The fraction of sp³-hybridized carbons (Fsp3) is 0.0556. The molecular weight excluding hydrogens is 365 g/mol. The number of hydrogen-bond donors (Lipinski definition) is 1. The molecule has 0 amide bonds. The van der Waals surface area contributed by atoms with Crippen LogP contribution in [0.15, 0.2) is 65.6 Å². The molecule has 0 fully saturated rings. The average molecular weight is 378 g/mol. The molecule has 4 nitrogen and oxygen atoms in total. The van der Waals surface area contributed by atoms with Crippen LogP contribution in [-0.2, 0) is 10.0 Å². The summed E-state index contributed by atoms with van der Waals surface area (Å²) in [6.45, 7) is -0.563. The van der Waals surface area contributed by atoms with E-state index >= 15 is 0 Å². The van der Waals surface area contributed by atoms with Crippen LogP contribution in [0.4, 0.5) is 4.39 Å². The summed E-state index contributed by atoms with van der Waals surface area (Å²) in [5.41, 5.74) is -0.256. The van der Waals surface area contributed by atoms with E-state index < -0.39 is 28.2 Å². The summed E-state index contributed by atoms with van der Waals surface area (Å²) >= 11 is 5.63. The smallest absolute Gasteiger partial charge is 0.241 e. The highest BCUT2D eigenvalue weighted by Gasteiger charge is 2.19. The van der Waals surface area contributed by atoms with E-state index in [0.717, 1.165) is 10.8 Å². The zero-order valence-electron chi connectivity index (χ0n) is 12.9. The minimum absolute atomic E-state index is 0.0329. The Morgan fingerprint density at radius 3 is 2.48 bits per heavy atom. The average Bonchev–Trinajstić information content (AvgIpc) is 2.61. The molecule has 0 atom stereocenters. The molecule has 3 rings (SSSR count). The van der Waals surface area contributed by atoms with Gasteiger partial charge in [-0.05, 0) is 35.0 Å². The number of carbonyl (C=O) groups excluding carboxylic acids is 1. The molecule has 3 aromatic rings. The third kappa shape index (κ3) is 3.71. The first-order valence-corrected chi connectivity index (χ1v) is 9.20. The van der Waals surface area contributed by atoms with Gasteiger partial charge in [-0.2, -0.15) is 0 Å². The van der Waals surface area contributed by atoms with E-state index in [1.807, 2.05) is 12.1 Å². The second kappa shape index (κ2) is 6.92. The van der Waals surface area contributed by atoms with Crippen molar-refractivity contribution in [2.75, 3.05) is 6.54 Å². The number of halogens is 2. The van der Waals surface area contributed by atoms with Crippen molar-refractivity contribution >= 4 is 38.2 Å².